The second-order valence-electron chi connectivity index (χ2n) is 6.58. The van der Waals surface area contributed by atoms with E-state index in [1.54, 1.807) is 0 Å². The van der Waals surface area contributed by atoms with Crippen LogP contribution in [0.5, 0.6) is 5.75 Å². The third kappa shape index (κ3) is 5.10. The van der Waals surface area contributed by atoms with Crippen molar-refractivity contribution in [3.05, 3.63) is 41.5 Å². The summed E-state index contributed by atoms with van der Waals surface area (Å²) < 4.78 is 11.3. The van der Waals surface area contributed by atoms with E-state index < -0.39 is 0 Å². The summed E-state index contributed by atoms with van der Waals surface area (Å²) in [6, 6.07) is 7.35. The van der Waals surface area contributed by atoms with E-state index in [1.165, 1.54) is 31.3 Å². The molecular formula is C20H27NO3. The maximum Gasteiger partial charge on any atom is 0.251 e. The van der Waals surface area contributed by atoms with Gasteiger partial charge in [-0.25, -0.2) is 0 Å². The summed E-state index contributed by atoms with van der Waals surface area (Å²) in [5.74, 6) is 0.770. The third-order valence-electron chi connectivity index (χ3n) is 4.69. The number of allylic oxidation sites excluding steroid dienone is 1. The molecule has 0 spiro atoms. The molecule has 1 saturated heterocycles. The molecular weight excluding hydrogens is 302 g/mol. The average molecular weight is 329 g/mol. The van der Waals surface area contributed by atoms with Crippen molar-refractivity contribution in [3.8, 4) is 5.75 Å². The summed E-state index contributed by atoms with van der Waals surface area (Å²) in [6.45, 7) is 2.13. The Hall–Kier alpha value is -1.81. The Morgan fingerprint density at radius 3 is 2.79 bits per heavy atom. The van der Waals surface area contributed by atoms with Crippen LogP contribution in [0.15, 0.2) is 35.9 Å². The van der Waals surface area contributed by atoms with Crippen LogP contribution in [0.25, 0.3) is 0 Å². The molecule has 1 aromatic carbocycles. The third-order valence-corrected chi connectivity index (χ3v) is 4.69. The molecule has 0 saturated carbocycles. The molecule has 1 amide bonds. The summed E-state index contributed by atoms with van der Waals surface area (Å²) in [4.78, 5) is 12.2. The van der Waals surface area contributed by atoms with Crippen LogP contribution < -0.4 is 10.1 Å². The van der Waals surface area contributed by atoms with E-state index in [-0.39, 0.29) is 12.0 Å². The first kappa shape index (κ1) is 17.0. The maximum atomic E-state index is 12.2. The van der Waals surface area contributed by atoms with E-state index >= 15 is 0 Å². The Morgan fingerprint density at radius 1 is 1.21 bits per heavy atom. The molecule has 0 unspecified atom stereocenters. The fraction of sp³-hybridized carbons (Fsp3) is 0.550. The van der Waals surface area contributed by atoms with Crippen molar-refractivity contribution in [2.75, 3.05) is 19.8 Å². The molecule has 1 fully saturated rings. The minimum Gasteiger partial charge on any atom is -0.491 e. The van der Waals surface area contributed by atoms with Gasteiger partial charge < -0.3 is 14.8 Å². The number of benzene rings is 1. The Balaban J connectivity index is 1.40. The molecule has 1 aromatic rings. The Bertz CT molecular complexity index is 559. The highest BCUT2D eigenvalue weighted by molar-refractivity contribution is 5.94. The zero-order valence-corrected chi connectivity index (χ0v) is 14.3. The Morgan fingerprint density at radius 2 is 2.08 bits per heavy atom. The van der Waals surface area contributed by atoms with Gasteiger partial charge in [0.25, 0.3) is 5.91 Å². The lowest BCUT2D eigenvalue weighted by molar-refractivity contribution is 0.0679. The van der Waals surface area contributed by atoms with Gasteiger partial charge in [-0.05, 0) is 69.2 Å². The normalized spacial score (nSPS) is 20.5. The van der Waals surface area contributed by atoms with E-state index in [9.17, 15) is 4.79 Å². The molecule has 1 aliphatic carbocycles. The quantitative estimate of drug-likeness (QED) is 0.773. The molecule has 24 heavy (non-hydrogen) atoms. The number of hydrogen-bond acceptors (Lipinski definition) is 3. The number of nitrogens with one attached hydrogen (secondary N) is 1. The van der Waals surface area contributed by atoms with Crippen LogP contribution >= 0.6 is 0 Å². The molecule has 1 heterocycles. The van der Waals surface area contributed by atoms with E-state index in [4.69, 9.17) is 9.47 Å². The minimum absolute atomic E-state index is 0.0166. The van der Waals surface area contributed by atoms with Crippen LogP contribution in [0.3, 0.4) is 0 Å². The SMILES string of the molecule is O=C(NCCC1=CCCCC1)c1ccc(OC[C@H]2CCCO2)cc1. The zero-order chi connectivity index (χ0) is 16.6. The van der Waals surface area contributed by atoms with Crippen LogP contribution in [0.2, 0.25) is 0 Å². The zero-order valence-electron chi connectivity index (χ0n) is 14.3. The highest BCUT2D eigenvalue weighted by Crippen LogP contribution is 2.20. The summed E-state index contributed by atoms with van der Waals surface area (Å²) in [6.07, 6.45) is 10.7. The standard InChI is InChI=1S/C20H27NO3/c22-20(21-13-12-16-5-2-1-3-6-16)17-8-10-18(11-9-17)24-15-19-7-4-14-23-19/h5,8-11,19H,1-4,6-7,12-15H2,(H,21,22)/t19-/m1/s1. The van der Waals surface area contributed by atoms with Gasteiger partial charge in [-0.1, -0.05) is 11.6 Å². The first-order valence-corrected chi connectivity index (χ1v) is 9.12. The largest absolute Gasteiger partial charge is 0.491 e. The number of hydrogen-bond donors (Lipinski definition) is 1. The number of amides is 1. The monoisotopic (exact) mass is 329 g/mol. The number of carbonyl (C=O) groups is 1. The maximum absolute atomic E-state index is 12.2. The van der Waals surface area contributed by atoms with Gasteiger partial charge in [-0.15, -0.1) is 0 Å². The van der Waals surface area contributed by atoms with Crippen molar-refractivity contribution in [2.24, 2.45) is 0 Å². The van der Waals surface area contributed by atoms with Crippen LogP contribution in [-0.2, 0) is 4.74 Å². The number of carbonyl (C=O) groups excluding carboxylic acids is 1. The van der Waals surface area contributed by atoms with Gasteiger partial charge >= 0.3 is 0 Å². The lowest BCUT2D eigenvalue weighted by atomic mass is 9.97. The van der Waals surface area contributed by atoms with Gasteiger partial charge in [0.15, 0.2) is 0 Å². The molecule has 1 atom stereocenters. The Kier molecular flexibility index (Phi) is 6.30. The van der Waals surface area contributed by atoms with Crippen LogP contribution in [0.1, 0.15) is 55.3 Å². The first-order chi connectivity index (χ1) is 11.8. The topological polar surface area (TPSA) is 47.6 Å². The Labute approximate surface area is 144 Å². The van der Waals surface area contributed by atoms with Gasteiger partial charge in [-0.3, -0.25) is 4.79 Å². The van der Waals surface area contributed by atoms with E-state index in [0.717, 1.165) is 31.6 Å². The van der Waals surface area contributed by atoms with Crippen LogP contribution in [-0.4, -0.2) is 31.8 Å². The van der Waals surface area contributed by atoms with Gasteiger partial charge in [0.2, 0.25) is 0 Å². The highest BCUT2D eigenvalue weighted by atomic mass is 16.5. The molecule has 0 aromatic heterocycles. The lowest BCUT2D eigenvalue weighted by Gasteiger charge is -2.13. The predicted molar refractivity (Wildman–Crippen MR) is 94.4 cm³/mol. The second-order valence-corrected chi connectivity index (χ2v) is 6.58. The number of ether oxygens (including phenoxy) is 2. The van der Waals surface area contributed by atoms with Crippen molar-refractivity contribution in [1.29, 1.82) is 0 Å². The van der Waals surface area contributed by atoms with Gasteiger partial charge in [0, 0.05) is 18.7 Å². The summed E-state index contributed by atoms with van der Waals surface area (Å²) in [5, 5.41) is 3.00. The molecule has 0 bridgehead atoms. The number of rotatable bonds is 7. The molecule has 1 N–H and O–H groups in total. The lowest BCUT2D eigenvalue weighted by Crippen LogP contribution is -2.24. The van der Waals surface area contributed by atoms with E-state index in [0.29, 0.717) is 18.7 Å². The average Bonchev–Trinajstić information content (AvgIpc) is 3.15. The fourth-order valence-electron chi connectivity index (χ4n) is 3.24. The molecule has 1 aliphatic heterocycles. The molecule has 130 valence electrons. The molecule has 0 radical (unpaired) electrons. The van der Waals surface area contributed by atoms with Crippen LogP contribution in [0, 0.1) is 0 Å². The van der Waals surface area contributed by atoms with Gasteiger partial charge in [0.1, 0.15) is 12.4 Å². The predicted octanol–water partition coefficient (Wildman–Crippen LogP) is 3.86. The first-order valence-electron chi connectivity index (χ1n) is 9.12. The van der Waals surface area contributed by atoms with Gasteiger partial charge in [-0.2, -0.15) is 0 Å². The second kappa shape index (κ2) is 8.88. The van der Waals surface area contributed by atoms with Crippen molar-refractivity contribution >= 4 is 5.91 Å². The smallest absolute Gasteiger partial charge is 0.251 e. The van der Waals surface area contributed by atoms with Crippen molar-refractivity contribution < 1.29 is 14.3 Å². The van der Waals surface area contributed by atoms with Crippen molar-refractivity contribution in [1.82, 2.24) is 5.32 Å². The summed E-state index contributed by atoms with van der Waals surface area (Å²) in [7, 11) is 0. The minimum atomic E-state index is -0.0166. The molecule has 4 nitrogen and oxygen atoms in total. The van der Waals surface area contributed by atoms with Crippen LogP contribution in [0.4, 0.5) is 0 Å². The summed E-state index contributed by atoms with van der Waals surface area (Å²) in [5.41, 5.74) is 2.16. The van der Waals surface area contributed by atoms with Crippen molar-refractivity contribution in [3.63, 3.8) is 0 Å². The van der Waals surface area contributed by atoms with E-state index in [2.05, 4.69) is 11.4 Å². The van der Waals surface area contributed by atoms with Gasteiger partial charge in [0.05, 0.1) is 6.10 Å². The molecule has 4 heteroatoms. The fourth-order valence-corrected chi connectivity index (χ4v) is 3.24. The van der Waals surface area contributed by atoms with E-state index in [1.807, 2.05) is 24.3 Å². The molecule has 2 aliphatic rings. The summed E-state index contributed by atoms with van der Waals surface area (Å²) >= 11 is 0. The van der Waals surface area contributed by atoms with Crippen molar-refractivity contribution in [2.45, 2.75) is 51.0 Å². The molecule has 3 rings (SSSR count). The highest BCUT2D eigenvalue weighted by Gasteiger charge is 2.16.